The van der Waals surface area contributed by atoms with Crippen molar-refractivity contribution >= 4 is 17.4 Å². The van der Waals surface area contributed by atoms with E-state index >= 15 is 0 Å². The maximum Gasteiger partial charge on any atom is 0.257 e. The summed E-state index contributed by atoms with van der Waals surface area (Å²) in [6.07, 6.45) is 3.86. The van der Waals surface area contributed by atoms with Gasteiger partial charge in [-0.15, -0.1) is 0 Å². The minimum atomic E-state index is -0.134. The van der Waals surface area contributed by atoms with Crippen LogP contribution in [-0.4, -0.2) is 17.4 Å². The third kappa shape index (κ3) is 4.81. The smallest absolute Gasteiger partial charge is 0.257 e. The average Bonchev–Trinajstić information content (AvgIpc) is 2.56. The molecule has 1 aromatic heterocycles. The Hall–Kier alpha value is -2.36. The van der Waals surface area contributed by atoms with Gasteiger partial charge in [0, 0.05) is 18.4 Å². The van der Waals surface area contributed by atoms with Crippen LogP contribution >= 0.6 is 0 Å². The summed E-state index contributed by atoms with van der Waals surface area (Å²) in [7, 11) is 0. The highest BCUT2D eigenvalue weighted by atomic mass is 16.1. The minimum Gasteiger partial charge on any atom is -0.370 e. The number of rotatable bonds is 7. The number of hydrogen-bond acceptors (Lipinski definition) is 3. The van der Waals surface area contributed by atoms with Crippen LogP contribution in [0.4, 0.5) is 11.5 Å². The highest BCUT2D eigenvalue weighted by molar-refractivity contribution is 6.04. The number of para-hydroxylation sites is 1. The van der Waals surface area contributed by atoms with Crippen molar-refractivity contribution in [3.63, 3.8) is 0 Å². The van der Waals surface area contributed by atoms with Crippen molar-refractivity contribution in [1.82, 2.24) is 4.98 Å². The Kier molecular flexibility index (Phi) is 6.15. The molecule has 4 nitrogen and oxygen atoms in total. The Morgan fingerprint density at radius 2 is 1.96 bits per heavy atom. The number of anilines is 2. The summed E-state index contributed by atoms with van der Waals surface area (Å²) in [4.78, 5) is 16.7. The Balaban J connectivity index is 2.04. The van der Waals surface area contributed by atoms with Crippen LogP contribution in [0, 0.1) is 0 Å². The van der Waals surface area contributed by atoms with Crippen LogP contribution in [0.2, 0.25) is 0 Å². The van der Waals surface area contributed by atoms with Crippen LogP contribution in [0.25, 0.3) is 0 Å². The zero-order valence-electron chi connectivity index (χ0n) is 14.1. The Bertz CT molecular complexity index is 635. The van der Waals surface area contributed by atoms with Gasteiger partial charge in [0.15, 0.2) is 0 Å². The Morgan fingerprint density at radius 1 is 1.17 bits per heavy atom. The monoisotopic (exact) mass is 311 g/mol. The molecule has 0 bridgehead atoms. The molecule has 122 valence electrons. The lowest BCUT2D eigenvalue weighted by molar-refractivity contribution is 0.102. The fraction of sp³-hybridized carbons (Fsp3) is 0.368. The van der Waals surface area contributed by atoms with Crippen LogP contribution in [0.15, 0.2) is 42.6 Å². The van der Waals surface area contributed by atoms with E-state index < -0.39 is 0 Å². The van der Waals surface area contributed by atoms with Gasteiger partial charge in [-0.05, 0) is 36.1 Å². The van der Waals surface area contributed by atoms with E-state index in [1.54, 1.807) is 12.3 Å². The summed E-state index contributed by atoms with van der Waals surface area (Å²) < 4.78 is 0. The average molecular weight is 311 g/mol. The number of nitrogens with zero attached hydrogens (tertiary/aromatic N) is 1. The molecule has 0 spiro atoms. The number of nitrogens with one attached hydrogen (secondary N) is 2. The van der Waals surface area contributed by atoms with E-state index in [4.69, 9.17) is 0 Å². The van der Waals surface area contributed by atoms with E-state index in [1.165, 1.54) is 0 Å². The van der Waals surface area contributed by atoms with E-state index in [2.05, 4.69) is 36.4 Å². The second-order valence-electron chi connectivity index (χ2n) is 5.91. The number of hydrogen-bond donors (Lipinski definition) is 2. The topological polar surface area (TPSA) is 54.0 Å². The molecule has 0 saturated carbocycles. The van der Waals surface area contributed by atoms with E-state index in [0.717, 1.165) is 36.5 Å². The van der Waals surface area contributed by atoms with Gasteiger partial charge in [0.1, 0.15) is 5.82 Å². The first-order chi connectivity index (χ1) is 11.1. The Labute approximate surface area is 138 Å². The van der Waals surface area contributed by atoms with Crippen LogP contribution in [0.1, 0.15) is 55.5 Å². The third-order valence-electron chi connectivity index (χ3n) is 3.69. The van der Waals surface area contributed by atoms with Crippen molar-refractivity contribution in [2.45, 2.75) is 39.5 Å². The summed E-state index contributed by atoms with van der Waals surface area (Å²) in [5.41, 5.74) is 2.55. The summed E-state index contributed by atoms with van der Waals surface area (Å²) in [5.74, 6) is 1.03. The van der Waals surface area contributed by atoms with E-state index in [0.29, 0.717) is 11.5 Å². The minimum absolute atomic E-state index is 0.134. The summed E-state index contributed by atoms with van der Waals surface area (Å²) in [6, 6.07) is 11.5. The van der Waals surface area contributed by atoms with Crippen LogP contribution in [0.5, 0.6) is 0 Å². The van der Waals surface area contributed by atoms with Crippen molar-refractivity contribution in [2.75, 3.05) is 17.2 Å². The molecule has 1 amide bonds. The summed E-state index contributed by atoms with van der Waals surface area (Å²) >= 11 is 0. The van der Waals surface area contributed by atoms with Crippen molar-refractivity contribution in [2.24, 2.45) is 0 Å². The molecule has 0 unspecified atom stereocenters. The summed E-state index contributed by atoms with van der Waals surface area (Å²) in [6.45, 7) is 7.28. The summed E-state index contributed by atoms with van der Waals surface area (Å²) in [5, 5.41) is 6.22. The molecule has 1 aromatic carbocycles. The van der Waals surface area contributed by atoms with Crippen molar-refractivity contribution in [3.05, 3.63) is 53.7 Å². The van der Waals surface area contributed by atoms with Crippen LogP contribution < -0.4 is 10.6 Å². The molecule has 2 N–H and O–H groups in total. The molecular formula is C19H25N3O. The van der Waals surface area contributed by atoms with Gasteiger partial charge in [0.25, 0.3) is 5.91 Å². The lowest BCUT2D eigenvalue weighted by atomic mass is 10.0. The van der Waals surface area contributed by atoms with E-state index in [-0.39, 0.29) is 5.91 Å². The van der Waals surface area contributed by atoms with Crippen LogP contribution in [-0.2, 0) is 0 Å². The van der Waals surface area contributed by atoms with Gasteiger partial charge in [-0.2, -0.15) is 0 Å². The lowest BCUT2D eigenvalue weighted by Crippen LogP contribution is -2.14. The molecule has 4 heteroatoms. The lowest BCUT2D eigenvalue weighted by Gasteiger charge is -2.13. The molecule has 1 heterocycles. The highest BCUT2D eigenvalue weighted by Crippen LogP contribution is 2.24. The molecule has 2 rings (SSSR count). The second-order valence-corrected chi connectivity index (χ2v) is 5.91. The molecule has 2 aromatic rings. The number of carbonyl (C=O) groups excluding carboxylic acids is 1. The van der Waals surface area contributed by atoms with Gasteiger partial charge in [-0.25, -0.2) is 4.98 Å². The first kappa shape index (κ1) is 17.0. The van der Waals surface area contributed by atoms with Crippen molar-refractivity contribution in [3.8, 4) is 0 Å². The predicted molar refractivity (Wildman–Crippen MR) is 96.1 cm³/mol. The normalized spacial score (nSPS) is 10.6. The molecule has 0 saturated heterocycles. The largest absolute Gasteiger partial charge is 0.370 e. The SMILES string of the molecule is CCCCNc1ccc(C(=O)Nc2ccccc2C(C)C)cn1. The first-order valence-corrected chi connectivity index (χ1v) is 8.22. The second kappa shape index (κ2) is 8.32. The third-order valence-corrected chi connectivity index (χ3v) is 3.69. The first-order valence-electron chi connectivity index (χ1n) is 8.22. The maximum absolute atomic E-state index is 12.4. The number of pyridine rings is 1. The number of amides is 1. The standard InChI is InChI=1S/C19H25N3O/c1-4-5-12-20-18-11-10-15(13-21-18)19(23)22-17-9-7-6-8-16(17)14(2)3/h6-11,13-14H,4-5,12H2,1-3H3,(H,20,21)(H,22,23). The maximum atomic E-state index is 12.4. The number of unbranched alkanes of at least 4 members (excludes halogenated alkanes) is 1. The van der Waals surface area contributed by atoms with Gasteiger partial charge >= 0.3 is 0 Å². The molecule has 0 fully saturated rings. The zero-order chi connectivity index (χ0) is 16.7. The molecule has 23 heavy (non-hydrogen) atoms. The van der Waals surface area contributed by atoms with Gasteiger partial charge < -0.3 is 10.6 Å². The number of aromatic nitrogens is 1. The number of carbonyl (C=O) groups is 1. The van der Waals surface area contributed by atoms with Crippen LogP contribution in [0.3, 0.4) is 0 Å². The quantitative estimate of drug-likeness (QED) is 0.731. The van der Waals surface area contributed by atoms with Crippen molar-refractivity contribution in [1.29, 1.82) is 0 Å². The zero-order valence-corrected chi connectivity index (χ0v) is 14.1. The van der Waals surface area contributed by atoms with E-state index in [1.807, 2.05) is 30.3 Å². The van der Waals surface area contributed by atoms with Gasteiger partial charge in [0.05, 0.1) is 5.56 Å². The fourth-order valence-electron chi connectivity index (χ4n) is 2.33. The fourth-order valence-corrected chi connectivity index (χ4v) is 2.33. The molecule has 0 aliphatic heterocycles. The molecular weight excluding hydrogens is 286 g/mol. The van der Waals surface area contributed by atoms with Gasteiger partial charge in [-0.3, -0.25) is 4.79 Å². The predicted octanol–water partition coefficient (Wildman–Crippen LogP) is 4.67. The number of benzene rings is 1. The van der Waals surface area contributed by atoms with Gasteiger partial charge in [0.2, 0.25) is 0 Å². The molecule has 0 aliphatic carbocycles. The van der Waals surface area contributed by atoms with Crippen molar-refractivity contribution < 1.29 is 4.79 Å². The van der Waals surface area contributed by atoms with E-state index in [9.17, 15) is 4.79 Å². The highest BCUT2D eigenvalue weighted by Gasteiger charge is 2.11. The van der Waals surface area contributed by atoms with Gasteiger partial charge in [-0.1, -0.05) is 45.4 Å². The molecule has 0 atom stereocenters. The molecule has 0 aliphatic rings. The Morgan fingerprint density at radius 3 is 2.61 bits per heavy atom. The molecule has 0 radical (unpaired) electrons.